The molecular formula is C11H12FN. The van der Waals surface area contributed by atoms with E-state index in [9.17, 15) is 4.39 Å². The zero-order valence-electron chi connectivity index (χ0n) is 7.82. The van der Waals surface area contributed by atoms with Crippen molar-refractivity contribution in [2.24, 2.45) is 0 Å². The molecule has 0 aliphatic heterocycles. The largest absolute Gasteiger partial charge is 0.358 e. The second-order valence-electron chi connectivity index (χ2n) is 3.27. The molecule has 68 valence electrons. The first-order valence-corrected chi connectivity index (χ1v) is 4.49. The van der Waals surface area contributed by atoms with Gasteiger partial charge in [0, 0.05) is 16.6 Å². The van der Waals surface area contributed by atoms with E-state index >= 15 is 0 Å². The number of benzene rings is 1. The molecule has 0 amide bonds. The van der Waals surface area contributed by atoms with Crippen molar-refractivity contribution in [2.75, 3.05) is 0 Å². The van der Waals surface area contributed by atoms with E-state index in [2.05, 4.69) is 11.9 Å². The van der Waals surface area contributed by atoms with Crippen molar-refractivity contribution in [1.29, 1.82) is 0 Å². The van der Waals surface area contributed by atoms with Gasteiger partial charge >= 0.3 is 0 Å². The predicted molar refractivity (Wildman–Crippen MR) is 52.4 cm³/mol. The van der Waals surface area contributed by atoms with Crippen molar-refractivity contribution in [3.63, 3.8) is 0 Å². The molecule has 13 heavy (non-hydrogen) atoms. The van der Waals surface area contributed by atoms with Crippen LogP contribution in [0.5, 0.6) is 0 Å². The lowest BCUT2D eigenvalue weighted by atomic mass is 10.1. The van der Waals surface area contributed by atoms with Crippen LogP contribution in [0.3, 0.4) is 0 Å². The second kappa shape index (κ2) is 2.87. The van der Waals surface area contributed by atoms with E-state index in [-0.39, 0.29) is 5.82 Å². The minimum absolute atomic E-state index is 0.169. The van der Waals surface area contributed by atoms with Gasteiger partial charge in [-0.15, -0.1) is 0 Å². The summed E-state index contributed by atoms with van der Waals surface area (Å²) < 4.78 is 12.9. The molecule has 0 spiro atoms. The molecule has 0 atom stereocenters. The fraction of sp³-hybridized carbons (Fsp3) is 0.273. The van der Waals surface area contributed by atoms with Gasteiger partial charge in [-0.2, -0.15) is 0 Å². The Balaban J connectivity index is 2.77. The van der Waals surface area contributed by atoms with Crippen LogP contribution < -0.4 is 0 Å². The van der Waals surface area contributed by atoms with Crippen molar-refractivity contribution in [2.45, 2.75) is 20.3 Å². The van der Waals surface area contributed by atoms with Crippen molar-refractivity contribution in [1.82, 2.24) is 4.98 Å². The molecule has 0 unspecified atom stereocenters. The van der Waals surface area contributed by atoms with Crippen LogP contribution in [0, 0.1) is 12.7 Å². The molecule has 0 saturated heterocycles. The van der Waals surface area contributed by atoms with Crippen molar-refractivity contribution < 1.29 is 4.39 Å². The molecule has 0 saturated carbocycles. The van der Waals surface area contributed by atoms with Gasteiger partial charge in [0.1, 0.15) is 5.82 Å². The summed E-state index contributed by atoms with van der Waals surface area (Å²) in [6.45, 7) is 4.12. The van der Waals surface area contributed by atoms with E-state index in [4.69, 9.17) is 0 Å². The summed E-state index contributed by atoms with van der Waals surface area (Å²) in [5.41, 5.74) is 3.38. The molecule has 1 N–H and O–H groups in total. The van der Waals surface area contributed by atoms with Crippen molar-refractivity contribution >= 4 is 10.9 Å². The number of fused-ring (bicyclic) bond motifs is 1. The highest BCUT2D eigenvalue weighted by Crippen LogP contribution is 2.22. The minimum Gasteiger partial charge on any atom is -0.358 e. The molecule has 1 aromatic heterocycles. The lowest BCUT2D eigenvalue weighted by Crippen LogP contribution is -1.80. The van der Waals surface area contributed by atoms with Gasteiger partial charge in [0.05, 0.1) is 0 Å². The summed E-state index contributed by atoms with van der Waals surface area (Å²) in [5, 5.41) is 0.997. The molecule has 0 aliphatic rings. The maximum absolute atomic E-state index is 12.9. The Morgan fingerprint density at radius 1 is 1.38 bits per heavy atom. The quantitative estimate of drug-likeness (QED) is 0.688. The topological polar surface area (TPSA) is 15.8 Å². The van der Waals surface area contributed by atoms with Crippen LogP contribution >= 0.6 is 0 Å². The lowest BCUT2D eigenvalue weighted by molar-refractivity contribution is 0.629. The highest BCUT2D eigenvalue weighted by molar-refractivity contribution is 5.84. The number of nitrogens with one attached hydrogen (secondary N) is 1. The number of aryl methyl sites for hydroxylation is 2. The zero-order valence-corrected chi connectivity index (χ0v) is 7.82. The van der Waals surface area contributed by atoms with Crippen LogP contribution in [0.15, 0.2) is 18.2 Å². The average Bonchev–Trinajstić information content (AvgIpc) is 2.44. The number of halogens is 1. The summed E-state index contributed by atoms with van der Waals surface area (Å²) in [7, 11) is 0. The number of rotatable bonds is 1. The Bertz CT molecular complexity index is 443. The molecule has 2 heteroatoms. The normalized spacial score (nSPS) is 11.0. The minimum atomic E-state index is -0.169. The van der Waals surface area contributed by atoms with Crippen LogP contribution in [-0.2, 0) is 6.42 Å². The Morgan fingerprint density at radius 3 is 2.85 bits per heavy atom. The third kappa shape index (κ3) is 1.22. The third-order valence-corrected chi connectivity index (χ3v) is 2.48. The Labute approximate surface area is 76.6 Å². The third-order valence-electron chi connectivity index (χ3n) is 2.48. The predicted octanol–water partition coefficient (Wildman–Crippen LogP) is 3.18. The molecule has 0 aliphatic carbocycles. The summed E-state index contributed by atoms with van der Waals surface area (Å²) >= 11 is 0. The fourth-order valence-corrected chi connectivity index (χ4v) is 1.71. The van der Waals surface area contributed by atoms with Crippen LogP contribution in [0.1, 0.15) is 18.2 Å². The van der Waals surface area contributed by atoms with E-state index < -0.39 is 0 Å². The van der Waals surface area contributed by atoms with E-state index in [1.54, 1.807) is 12.1 Å². The van der Waals surface area contributed by atoms with Crippen LogP contribution in [-0.4, -0.2) is 4.98 Å². The number of hydrogen-bond donors (Lipinski definition) is 1. The standard InChI is InChI=1S/C11H12FN/c1-3-10-7(2)9-6-8(12)4-5-11(9)13-10/h4-6,13H,3H2,1-2H3. The van der Waals surface area contributed by atoms with Gasteiger partial charge in [0.15, 0.2) is 0 Å². The number of hydrogen-bond acceptors (Lipinski definition) is 0. The summed E-state index contributed by atoms with van der Waals surface area (Å²) in [5.74, 6) is -0.169. The zero-order chi connectivity index (χ0) is 9.42. The van der Waals surface area contributed by atoms with E-state index in [1.807, 2.05) is 6.92 Å². The van der Waals surface area contributed by atoms with Crippen LogP contribution in [0.4, 0.5) is 4.39 Å². The number of aromatic amines is 1. The molecule has 0 bridgehead atoms. The van der Waals surface area contributed by atoms with Crippen LogP contribution in [0.25, 0.3) is 10.9 Å². The molecule has 0 fully saturated rings. The molecule has 1 heterocycles. The number of aromatic nitrogens is 1. The van der Waals surface area contributed by atoms with Gasteiger partial charge in [-0.05, 0) is 37.1 Å². The molecular weight excluding hydrogens is 165 g/mol. The summed E-state index contributed by atoms with van der Waals surface area (Å²) in [6.07, 6.45) is 0.960. The van der Waals surface area contributed by atoms with Crippen molar-refractivity contribution in [3.05, 3.63) is 35.3 Å². The second-order valence-corrected chi connectivity index (χ2v) is 3.27. The highest BCUT2D eigenvalue weighted by atomic mass is 19.1. The molecule has 1 nitrogen and oxygen atoms in total. The van der Waals surface area contributed by atoms with Crippen molar-refractivity contribution in [3.8, 4) is 0 Å². The van der Waals surface area contributed by atoms with E-state index in [0.717, 1.165) is 22.9 Å². The maximum Gasteiger partial charge on any atom is 0.123 e. The first-order chi connectivity index (χ1) is 6.22. The Hall–Kier alpha value is -1.31. The molecule has 0 radical (unpaired) electrons. The molecule has 1 aromatic carbocycles. The van der Waals surface area contributed by atoms with Gasteiger partial charge in [-0.25, -0.2) is 4.39 Å². The molecule has 2 rings (SSSR count). The summed E-state index contributed by atoms with van der Waals surface area (Å²) in [6, 6.07) is 4.86. The fourth-order valence-electron chi connectivity index (χ4n) is 1.71. The maximum atomic E-state index is 12.9. The first-order valence-electron chi connectivity index (χ1n) is 4.49. The lowest BCUT2D eigenvalue weighted by Gasteiger charge is -1.92. The first kappa shape index (κ1) is 8.30. The monoisotopic (exact) mass is 177 g/mol. The van der Waals surface area contributed by atoms with Crippen LogP contribution in [0.2, 0.25) is 0 Å². The van der Waals surface area contributed by atoms with Gasteiger partial charge in [0.25, 0.3) is 0 Å². The average molecular weight is 177 g/mol. The summed E-state index contributed by atoms with van der Waals surface area (Å²) in [4.78, 5) is 3.27. The molecule has 2 aromatic rings. The Morgan fingerprint density at radius 2 is 2.15 bits per heavy atom. The highest BCUT2D eigenvalue weighted by Gasteiger charge is 2.05. The smallest absolute Gasteiger partial charge is 0.123 e. The van der Waals surface area contributed by atoms with E-state index in [1.165, 1.54) is 11.8 Å². The van der Waals surface area contributed by atoms with E-state index in [0.29, 0.717) is 0 Å². The number of H-pyrrole nitrogens is 1. The van der Waals surface area contributed by atoms with Gasteiger partial charge in [-0.1, -0.05) is 6.92 Å². The SMILES string of the molecule is CCc1[nH]c2ccc(F)cc2c1C. The Kier molecular flexibility index (Phi) is 1.83. The van der Waals surface area contributed by atoms with Gasteiger partial charge < -0.3 is 4.98 Å². The van der Waals surface area contributed by atoms with Gasteiger partial charge in [-0.3, -0.25) is 0 Å². The van der Waals surface area contributed by atoms with Gasteiger partial charge in [0.2, 0.25) is 0 Å².